The number of carbonyl (C=O) groups is 1. The van der Waals surface area contributed by atoms with Gasteiger partial charge >= 0.3 is 0 Å². The summed E-state index contributed by atoms with van der Waals surface area (Å²) in [7, 11) is 1.58. The molecule has 2 aromatic heterocycles. The van der Waals surface area contributed by atoms with Gasteiger partial charge in [-0.3, -0.25) is 4.79 Å². The van der Waals surface area contributed by atoms with E-state index >= 15 is 0 Å². The van der Waals surface area contributed by atoms with E-state index in [1.807, 2.05) is 18.2 Å². The molecule has 0 aliphatic heterocycles. The molecule has 0 spiro atoms. The first-order chi connectivity index (χ1) is 14.6. The number of hydrogen-bond donors (Lipinski definition) is 1. The predicted octanol–water partition coefficient (Wildman–Crippen LogP) is 4.74. The van der Waals surface area contributed by atoms with Gasteiger partial charge in [-0.2, -0.15) is 0 Å². The van der Waals surface area contributed by atoms with Crippen LogP contribution in [0.1, 0.15) is 0 Å². The van der Waals surface area contributed by atoms with Crippen molar-refractivity contribution in [2.45, 2.75) is 5.22 Å². The third-order valence-corrected chi connectivity index (χ3v) is 5.52. The molecule has 7 nitrogen and oxygen atoms in total. The van der Waals surface area contributed by atoms with Gasteiger partial charge in [0.25, 0.3) is 5.22 Å². The number of carbonyl (C=O) groups excluding carboxylic acids is 1. The van der Waals surface area contributed by atoms with E-state index in [0.717, 1.165) is 22.9 Å². The smallest absolute Gasteiger partial charge is 0.277 e. The lowest BCUT2D eigenvalue weighted by Crippen LogP contribution is -2.13. The Hall–Kier alpha value is -3.24. The van der Waals surface area contributed by atoms with E-state index in [-0.39, 0.29) is 22.7 Å². The summed E-state index contributed by atoms with van der Waals surface area (Å²) in [5, 5.41) is 13.2. The Morgan fingerprint density at radius 1 is 1.20 bits per heavy atom. The SMILES string of the molecule is COc1cccc(-c2nnc(SCC(=O)Nc3nc(-c4ccc(F)cc4)cs3)o2)c1. The highest BCUT2D eigenvalue weighted by molar-refractivity contribution is 7.99. The first kappa shape index (κ1) is 20.0. The van der Waals surface area contributed by atoms with Crippen LogP contribution in [0.5, 0.6) is 5.75 Å². The average Bonchev–Trinajstić information content (AvgIpc) is 3.43. The summed E-state index contributed by atoms with van der Waals surface area (Å²) in [6, 6.07) is 13.3. The molecule has 0 bridgehead atoms. The number of thioether (sulfide) groups is 1. The fraction of sp³-hybridized carbons (Fsp3) is 0.100. The number of ether oxygens (including phenoxy) is 1. The van der Waals surface area contributed by atoms with Crippen LogP contribution in [0.3, 0.4) is 0 Å². The molecule has 0 radical (unpaired) electrons. The zero-order chi connectivity index (χ0) is 20.9. The van der Waals surface area contributed by atoms with Crippen molar-refractivity contribution in [3.05, 3.63) is 59.7 Å². The number of aromatic nitrogens is 3. The van der Waals surface area contributed by atoms with Crippen molar-refractivity contribution < 1.29 is 18.3 Å². The summed E-state index contributed by atoms with van der Waals surface area (Å²) in [6.07, 6.45) is 0. The Morgan fingerprint density at radius 3 is 2.83 bits per heavy atom. The van der Waals surface area contributed by atoms with E-state index in [0.29, 0.717) is 22.5 Å². The lowest BCUT2D eigenvalue weighted by atomic mass is 10.2. The van der Waals surface area contributed by atoms with Crippen molar-refractivity contribution >= 4 is 34.1 Å². The Labute approximate surface area is 179 Å². The van der Waals surface area contributed by atoms with Gasteiger partial charge in [-0.05, 0) is 42.5 Å². The van der Waals surface area contributed by atoms with Gasteiger partial charge in [0.15, 0.2) is 5.13 Å². The van der Waals surface area contributed by atoms with Crippen LogP contribution in [-0.2, 0) is 4.79 Å². The normalized spacial score (nSPS) is 10.7. The van der Waals surface area contributed by atoms with Crippen LogP contribution in [0, 0.1) is 5.82 Å². The van der Waals surface area contributed by atoms with Crippen LogP contribution in [0.4, 0.5) is 9.52 Å². The number of halogens is 1. The third kappa shape index (κ3) is 4.84. The van der Waals surface area contributed by atoms with Gasteiger partial charge in [0.05, 0.1) is 18.6 Å². The molecule has 0 aliphatic rings. The molecular formula is C20H15FN4O3S2. The van der Waals surface area contributed by atoms with Crippen LogP contribution < -0.4 is 10.1 Å². The lowest BCUT2D eigenvalue weighted by molar-refractivity contribution is -0.113. The second-order valence-corrected chi connectivity index (χ2v) is 7.77. The summed E-state index contributed by atoms with van der Waals surface area (Å²) in [5.74, 6) is 0.560. The lowest BCUT2D eigenvalue weighted by Gasteiger charge is -2.00. The molecule has 0 saturated heterocycles. The van der Waals surface area contributed by atoms with Crippen LogP contribution in [-0.4, -0.2) is 34.0 Å². The number of hydrogen-bond acceptors (Lipinski definition) is 8. The molecule has 2 heterocycles. The van der Waals surface area contributed by atoms with Gasteiger partial charge in [0.1, 0.15) is 11.6 Å². The van der Waals surface area contributed by atoms with Crippen molar-refractivity contribution in [2.75, 3.05) is 18.2 Å². The highest BCUT2D eigenvalue weighted by Crippen LogP contribution is 2.27. The number of amides is 1. The number of nitrogens with one attached hydrogen (secondary N) is 1. The van der Waals surface area contributed by atoms with Gasteiger partial charge in [0, 0.05) is 16.5 Å². The van der Waals surface area contributed by atoms with Gasteiger partial charge in [-0.25, -0.2) is 9.37 Å². The first-order valence-corrected chi connectivity index (χ1v) is 10.6. The molecule has 2 aromatic carbocycles. The fourth-order valence-electron chi connectivity index (χ4n) is 2.51. The van der Waals surface area contributed by atoms with Crippen LogP contribution in [0.15, 0.2) is 63.6 Å². The Morgan fingerprint density at radius 2 is 2.03 bits per heavy atom. The highest BCUT2D eigenvalue weighted by Gasteiger charge is 2.13. The third-order valence-electron chi connectivity index (χ3n) is 3.94. The fourth-order valence-corrected chi connectivity index (χ4v) is 3.81. The number of benzene rings is 2. The molecule has 0 saturated carbocycles. The second kappa shape index (κ2) is 9.06. The molecule has 4 rings (SSSR count). The molecule has 0 unspecified atom stereocenters. The standard InChI is InChI=1S/C20H15FN4O3S2/c1-27-15-4-2-3-13(9-15)18-24-25-20(28-18)30-11-17(26)23-19-22-16(10-29-19)12-5-7-14(21)8-6-12/h2-10H,11H2,1H3,(H,22,23,26). The minimum atomic E-state index is -0.310. The summed E-state index contributed by atoms with van der Waals surface area (Å²) < 4.78 is 23.8. The number of anilines is 1. The summed E-state index contributed by atoms with van der Waals surface area (Å²) in [4.78, 5) is 16.6. The summed E-state index contributed by atoms with van der Waals surface area (Å²) in [6.45, 7) is 0. The van der Waals surface area contributed by atoms with Crippen molar-refractivity contribution in [2.24, 2.45) is 0 Å². The Bertz CT molecular complexity index is 1160. The molecular weight excluding hydrogens is 427 g/mol. The van der Waals surface area contributed by atoms with Crippen LogP contribution in [0.2, 0.25) is 0 Å². The molecule has 0 fully saturated rings. The highest BCUT2D eigenvalue weighted by atomic mass is 32.2. The molecule has 152 valence electrons. The minimum Gasteiger partial charge on any atom is -0.497 e. The van der Waals surface area contributed by atoms with Crippen molar-refractivity contribution in [3.63, 3.8) is 0 Å². The minimum absolute atomic E-state index is 0.0885. The number of thiazole rings is 1. The maximum Gasteiger partial charge on any atom is 0.277 e. The molecule has 0 aliphatic carbocycles. The van der Waals surface area contributed by atoms with E-state index in [4.69, 9.17) is 9.15 Å². The van der Waals surface area contributed by atoms with E-state index in [1.165, 1.54) is 23.5 Å². The van der Waals surface area contributed by atoms with Crippen LogP contribution in [0.25, 0.3) is 22.7 Å². The van der Waals surface area contributed by atoms with E-state index in [2.05, 4.69) is 20.5 Å². The van der Waals surface area contributed by atoms with Crippen LogP contribution >= 0.6 is 23.1 Å². The zero-order valence-corrected chi connectivity index (χ0v) is 17.3. The van der Waals surface area contributed by atoms with Crippen molar-refractivity contribution in [3.8, 4) is 28.5 Å². The maximum atomic E-state index is 13.0. The molecule has 1 N–H and O–H groups in total. The quantitative estimate of drug-likeness (QED) is 0.414. The molecule has 10 heteroatoms. The first-order valence-electron chi connectivity index (χ1n) is 8.73. The van der Waals surface area contributed by atoms with Crippen molar-refractivity contribution in [1.29, 1.82) is 0 Å². The molecule has 30 heavy (non-hydrogen) atoms. The van der Waals surface area contributed by atoms with Gasteiger partial charge in [-0.15, -0.1) is 21.5 Å². The van der Waals surface area contributed by atoms with Crippen molar-refractivity contribution in [1.82, 2.24) is 15.2 Å². The molecule has 1 amide bonds. The molecule has 4 aromatic rings. The zero-order valence-electron chi connectivity index (χ0n) is 15.7. The number of methoxy groups -OCH3 is 1. The number of nitrogens with zero attached hydrogens (tertiary/aromatic N) is 3. The van der Waals surface area contributed by atoms with Gasteiger partial charge in [0.2, 0.25) is 11.8 Å². The van der Waals surface area contributed by atoms with Gasteiger partial charge < -0.3 is 14.5 Å². The Balaban J connectivity index is 1.33. The summed E-state index contributed by atoms with van der Waals surface area (Å²) >= 11 is 2.42. The average molecular weight is 442 g/mol. The number of rotatable bonds is 7. The van der Waals surface area contributed by atoms with E-state index < -0.39 is 0 Å². The topological polar surface area (TPSA) is 90.1 Å². The Kier molecular flexibility index (Phi) is 6.05. The predicted molar refractivity (Wildman–Crippen MR) is 113 cm³/mol. The maximum absolute atomic E-state index is 13.0. The molecule has 0 atom stereocenters. The van der Waals surface area contributed by atoms with E-state index in [9.17, 15) is 9.18 Å². The second-order valence-electron chi connectivity index (χ2n) is 5.99. The largest absolute Gasteiger partial charge is 0.497 e. The van der Waals surface area contributed by atoms with E-state index in [1.54, 1.807) is 30.7 Å². The monoisotopic (exact) mass is 442 g/mol. The van der Waals surface area contributed by atoms with Gasteiger partial charge in [-0.1, -0.05) is 17.8 Å². The summed E-state index contributed by atoms with van der Waals surface area (Å²) in [5.41, 5.74) is 2.18.